The molecule has 0 fully saturated rings. The van der Waals surface area contributed by atoms with Crippen LogP contribution in [0.3, 0.4) is 0 Å². The van der Waals surface area contributed by atoms with Gasteiger partial charge in [-0.15, -0.1) is 0 Å². The van der Waals surface area contributed by atoms with Crippen LogP contribution in [0.2, 0.25) is 0 Å². The minimum absolute atomic E-state index is 0.562. The third-order valence-corrected chi connectivity index (χ3v) is 3.56. The molecule has 0 aliphatic rings. The van der Waals surface area contributed by atoms with E-state index in [1.54, 1.807) is 7.11 Å². The number of nitrogens with zero attached hydrogens (tertiary/aromatic N) is 2. The first-order valence-corrected chi connectivity index (χ1v) is 7.63. The summed E-state index contributed by atoms with van der Waals surface area (Å²) in [5.41, 5.74) is 0.970. The molecule has 1 heterocycles. The summed E-state index contributed by atoms with van der Waals surface area (Å²) < 4.78 is 10.6. The van der Waals surface area contributed by atoms with E-state index >= 15 is 0 Å². The second-order valence-electron chi connectivity index (χ2n) is 5.00. The van der Waals surface area contributed by atoms with Gasteiger partial charge in [-0.3, -0.25) is 4.90 Å². The standard InChI is InChI=1S/C15H29N3O2/c1-5-14(6-2)18(8-9-19-4)12-15-10-13(17-20-15)11-16-7-3/h10,14,16H,5-9,11-12H2,1-4H3. The zero-order chi connectivity index (χ0) is 14.8. The molecule has 0 radical (unpaired) electrons. The first-order chi connectivity index (χ1) is 9.74. The van der Waals surface area contributed by atoms with Gasteiger partial charge >= 0.3 is 0 Å². The van der Waals surface area contributed by atoms with Crippen LogP contribution in [0.4, 0.5) is 0 Å². The summed E-state index contributed by atoms with van der Waals surface area (Å²) in [6.45, 7) is 10.7. The molecule has 5 nitrogen and oxygen atoms in total. The number of hydrogen-bond acceptors (Lipinski definition) is 5. The Labute approximate surface area is 122 Å². The molecule has 0 unspecified atom stereocenters. The van der Waals surface area contributed by atoms with Crippen molar-refractivity contribution in [3.8, 4) is 0 Å². The topological polar surface area (TPSA) is 50.5 Å². The summed E-state index contributed by atoms with van der Waals surface area (Å²) in [4.78, 5) is 2.42. The molecule has 5 heteroatoms. The van der Waals surface area contributed by atoms with E-state index in [9.17, 15) is 0 Å². The first kappa shape index (κ1) is 17.1. The highest BCUT2D eigenvalue weighted by Gasteiger charge is 2.17. The zero-order valence-corrected chi connectivity index (χ0v) is 13.3. The zero-order valence-electron chi connectivity index (χ0n) is 13.3. The van der Waals surface area contributed by atoms with E-state index in [1.165, 1.54) is 0 Å². The van der Waals surface area contributed by atoms with Crippen molar-refractivity contribution in [2.45, 2.75) is 52.7 Å². The Kier molecular flexibility index (Phi) is 8.49. The van der Waals surface area contributed by atoms with E-state index < -0.39 is 0 Å². The highest BCUT2D eigenvalue weighted by atomic mass is 16.5. The summed E-state index contributed by atoms with van der Waals surface area (Å²) in [7, 11) is 1.74. The molecule has 1 N–H and O–H groups in total. The van der Waals surface area contributed by atoms with E-state index in [0.717, 1.165) is 57.1 Å². The average Bonchev–Trinajstić information content (AvgIpc) is 2.91. The highest BCUT2D eigenvalue weighted by molar-refractivity contribution is 5.05. The molecule has 0 saturated heterocycles. The number of ether oxygens (including phenoxy) is 1. The Hall–Kier alpha value is -0.910. The Morgan fingerprint density at radius 3 is 2.70 bits per heavy atom. The molecule has 0 aliphatic heterocycles. The molecule has 1 aromatic rings. The van der Waals surface area contributed by atoms with Gasteiger partial charge in [0.1, 0.15) is 0 Å². The van der Waals surface area contributed by atoms with Gasteiger partial charge in [0.25, 0.3) is 0 Å². The van der Waals surface area contributed by atoms with Crippen molar-refractivity contribution in [1.82, 2.24) is 15.4 Å². The van der Waals surface area contributed by atoms with Crippen LogP contribution < -0.4 is 5.32 Å². The van der Waals surface area contributed by atoms with E-state index in [4.69, 9.17) is 9.26 Å². The monoisotopic (exact) mass is 283 g/mol. The molecule has 0 amide bonds. The lowest BCUT2D eigenvalue weighted by Crippen LogP contribution is -2.36. The Bertz CT molecular complexity index is 351. The summed E-state index contributed by atoms with van der Waals surface area (Å²) in [5.74, 6) is 0.931. The summed E-state index contributed by atoms with van der Waals surface area (Å²) in [6.07, 6.45) is 2.27. The lowest BCUT2D eigenvalue weighted by atomic mass is 10.1. The van der Waals surface area contributed by atoms with E-state index in [0.29, 0.717) is 6.04 Å². The molecular weight excluding hydrogens is 254 g/mol. The minimum Gasteiger partial charge on any atom is -0.383 e. The fraction of sp³-hybridized carbons (Fsp3) is 0.800. The SMILES string of the molecule is CCNCc1cc(CN(CCOC)C(CC)CC)on1. The van der Waals surface area contributed by atoms with Crippen LogP contribution in [-0.2, 0) is 17.8 Å². The molecule has 0 saturated carbocycles. The Morgan fingerprint density at radius 1 is 1.35 bits per heavy atom. The van der Waals surface area contributed by atoms with Gasteiger partial charge in [0.15, 0.2) is 5.76 Å². The van der Waals surface area contributed by atoms with Crippen LogP contribution in [0.25, 0.3) is 0 Å². The molecule has 20 heavy (non-hydrogen) atoms. The maximum atomic E-state index is 5.44. The van der Waals surface area contributed by atoms with Gasteiger partial charge in [0, 0.05) is 32.3 Å². The van der Waals surface area contributed by atoms with Crippen LogP contribution in [0, 0.1) is 0 Å². The molecule has 116 valence electrons. The van der Waals surface area contributed by atoms with Crippen LogP contribution in [0.1, 0.15) is 45.1 Å². The minimum atomic E-state index is 0.562. The maximum Gasteiger partial charge on any atom is 0.151 e. The lowest BCUT2D eigenvalue weighted by molar-refractivity contribution is 0.102. The van der Waals surface area contributed by atoms with Crippen LogP contribution in [0.15, 0.2) is 10.6 Å². The summed E-state index contributed by atoms with van der Waals surface area (Å²) >= 11 is 0. The van der Waals surface area contributed by atoms with Crippen molar-refractivity contribution in [2.24, 2.45) is 0 Å². The number of rotatable bonds is 11. The van der Waals surface area contributed by atoms with Crippen molar-refractivity contribution in [2.75, 3.05) is 26.8 Å². The predicted molar refractivity (Wildman–Crippen MR) is 80.5 cm³/mol. The Morgan fingerprint density at radius 2 is 2.10 bits per heavy atom. The van der Waals surface area contributed by atoms with Gasteiger partial charge in [0.05, 0.1) is 18.8 Å². The maximum absolute atomic E-state index is 5.44. The fourth-order valence-electron chi connectivity index (χ4n) is 2.37. The van der Waals surface area contributed by atoms with E-state index in [-0.39, 0.29) is 0 Å². The second-order valence-corrected chi connectivity index (χ2v) is 5.00. The quantitative estimate of drug-likeness (QED) is 0.676. The third-order valence-electron chi connectivity index (χ3n) is 3.56. The second kappa shape index (κ2) is 9.91. The number of nitrogens with one attached hydrogen (secondary N) is 1. The smallest absolute Gasteiger partial charge is 0.151 e. The van der Waals surface area contributed by atoms with E-state index in [1.807, 2.05) is 6.07 Å². The molecule has 0 aliphatic carbocycles. The molecule has 1 rings (SSSR count). The van der Waals surface area contributed by atoms with Crippen LogP contribution in [0.5, 0.6) is 0 Å². The number of aromatic nitrogens is 1. The number of methoxy groups -OCH3 is 1. The molecule has 0 spiro atoms. The van der Waals surface area contributed by atoms with Crippen LogP contribution in [-0.4, -0.2) is 42.9 Å². The van der Waals surface area contributed by atoms with Gasteiger partial charge in [-0.2, -0.15) is 0 Å². The third kappa shape index (κ3) is 5.61. The van der Waals surface area contributed by atoms with Crippen molar-refractivity contribution in [3.05, 3.63) is 17.5 Å². The van der Waals surface area contributed by atoms with Gasteiger partial charge in [-0.1, -0.05) is 25.9 Å². The molecular formula is C15H29N3O2. The van der Waals surface area contributed by atoms with Gasteiger partial charge < -0.3 is 14.6 Å². The normalized spacial score (nSPS) is 11.7. The molecule has 0 aromatic carbocycles. The fourth-order valence-corrected chi connectivity index (χ4v) is 2.37. The predicted octanol–water partition coefficient (Wildman–Crippen LogP) is 2.42. The van der Waals surface area contributed by atoms with Crippen molar-refractivity contribution >= 4 is 0 Å². The van der Waals surface area contributed by atoms with E-state index in [2.05, 4.69) is 36.1 Å². The average molecular weight is 283 g/mol. The number of hydrogen-bond donors (Lipinski definition) is 1. The lowest BCUT2D eigenvalue weighted by Gasteiger charge is -2.29. The first-order valence-electron chi connectivity index (χ1n) is 7.63. The molecule has 0 bridgehead atoms. The summed E-state index contributed by atoms with van der Waals surface area (Å²) in [6, 6.07) is 2.61. The largest absolute Gasteiger partial charge is 0.383 e. The van der Waals surface area contributed by atoms with Crippen molar-refractivity contribution in [1.29, 1.82) is 0 Å². The van der Waals surface area contributed by atoms with Crippen molar-refractivity contribution in [3.63, 3.8) is 0 Å². The van der Waals surface area contributed by atoms with Gasteiger partial charge in [-0.25, -0.2) is 0 Å². The van der Waals surface area contributed by atoms with Crippen LogP contribution >= 0.6 is 0 Å². The van der Waals surface area contributed by atoms with Gasteiger partial charge in [-0.05, 0) is 19.4 Å². The Balaban J connectivity index is 2.60. The highest BCUT2D eigenvalue weighted by Crippen LogP contribution is 2.14. The van der Waals surface area contributed by atoms with Crippen molar-refractivity contribution < 1.29 is 9.26 Å². The molecule has 1 aromatic heterocycles. The summed E-state index contributed by atoms with van der Waals surface area (Å²) in [5, 5.41) is 7.36. The molecule has 0 atom stereocenters. The van der Waals surface area contributed by atoms with Gasteiger partial charge in [0.2, 0.25) is 0 Å².